The third-order valence-electron chi connectivity index (χ3n) is 2.72. The SMILES string of the molecule is C[C@H](N)C(=O)NCCOC1CCCCC1. The number of carbonyl (C=O) groups excluding carboxylic acids is 1. The summed E-state index contributed by atoms with van der Waals surface area (Å²) in [5.41, 5.74) is 5.41. The minimum Gasteiger partial charge on any atom is -0.376 e. The molecule has 0 bridgehead atoms. The molecule has 1 rings (SSSR count). The van der Waals surface area contributed by atoms with Gasteiger partial charge in [0.05, 0.1) is 18.8 Å². The molecule has 0 spiro atoms. The van der Waals surface area contributed by atoms with Crippen LogP contribution in [-0.2, 0) is 9.53 Å². The molecule has 1 fully saturated rings. The Morgan fingerprint density at radius 1 is 1.47 bits per heavy atom. The minimum atomic E-state index is -0.431. The highest BCUT2D eigenvalue weighted by atomic mass is 16.5. The first kappa shape index (κ1) is 12.5. The van der Waals surface area contributed by atoms with Crippen LogP contribution in [0.1, 0.15) is 39.0 Å². The molecule has 0 aromatic heterocycles. The number of hydrogen-bond acceptors (Lipinski definition) is 3. The van der Waals surface area contributed by atoms with Crippen LogP contribution < -0.4 is 11.1 Å². The van der Waals surface area contributed by atoms with Crippen LogP contribution in [0.25, 0.3) is 0 Å². The van der Waals surface area contributed by atoms with Gasteiger partial charge in [-0.15, -0.1) is 0 Å². The first-order valence-electron chi connectivity index (χ1n) is 5.85. The predicted octanol–water partition coefficient (Wildman–Crippen LogP) is 0.799. The number of rotatable bonds is 5. The van der Waals surface area contributed by atoms with E-state index in [1.54, 1.807) is 6.92 Å². The highest BCUT2D eigenvalue weighted by Crippen LogP contribution is 2.19. The summed E-state index contributed by atoms with van der Waals surface area (Å²) in [5.74, 6) is -0.109. The zero-order valence-electron chi connectivity index (χ0n) is 9.50. The molecule has 0 heterocycles. The van der Waals surface area contributed by atoms with Gasteiger partial charge in [0.15, 0.2) is 0 Å². The summed E-state index contributed by atoms with van der Waals surface area (Å²) in [6, 6.07) is -0.431. The standard InChI is InChI=1S/C11H22N2O2/c1-9(12)11(14)13-7-8-15-10-5-3-2-4-6-10/h9-10H,2-8,12H2,1H3,(H,13,14)/t9-/m0/s1. The molecule has 0 radical (unpaired) electrons. The van der Waals surface area contributed by atoms with Gasteiger partial charge in [-0.1, -0.05) is 19.3 Å². The van der Waals surface area contributed by atoms with E-state index in [1.807, 2.05) is 0 Å². The fourth-order valence-electron chi connectivity index (χ4n) is 1.79. The third kappa shape index (κ3) is 5.14. The second kappa shape index (κ2) is 6.80. The van der Waals surface area contributed by atoms with E-state index in [1.165, 1.54) is 32.1 Å². The predicted molar refractivity (Wildman–Crippen MR) is 59.5 cm³/mol. The molecule has 1 amide bonds. The van der Waals surface area contributed by atoms with Crippen LogP contribution in [0.4, 0.5) is 0 Å². The Morgan fingerprint density at radius 2 is 2.13 bits per heavy atom. The van der Waals surface area contributed by atoms with E-state index < -0.39 is 6.04 Å². The van der Waals surface area contributed by atoms with Gasteiger partial charge in [0.1, 0.15) is 0 Å². The molecule has 1 atom stereocenters. The number of carbonyl (C=O) groups is 1. The summed E-state index contributed by atoms with van der Waals surface area (Å²) < 4.78 is 5.66. The number of ether oxygens (including phenoxy) is 1. The first-order valence-corrected chi connectivity index (χ1v) is 5.85. The molecule has 4 nitrogen and oxygen atoms in total. The molecule has 0 unspecified atom stereocenters. The van der Waals surface area contributed by atoms with Crippen molar-refractivity contribution >= 4 is 5.91 Å². The molecule has 0 aromatic rings. The van der Waals surface area contributed by atoms with Gasteiger partial charge >= 0.3 is 0 Å². The van der Waals surface area contributed by atoms with E-state index >= 15 is 0 Å². The lowest BCUT2D eigenvalue weighted by molar-refractivity contribution is -0.122. The van der Waals surface area contributed by atoms with Crippen molar-refractivity contribution in [2.24, 2.45) is 5.73 Å². The third-order valence-corrected chi connectivity index (χ3v) is 2.72. The maximum Gasteiger partial charge on any atom is 0.236 e. The fraction of sp³-hybridized carbons (Fsp3) is 0.909. The highest BCUT2D eigenvalue weighted by molar-refractivity contribution is 5.80. The number of hydrogen-bond donors (Lipinski definition) is 2. The summed E-state index contributed by atoms with van der Waals surface area (Å²) in [5, 5.41) is 2.73. The molecule has 1 aliphatic carbocycles. The van der Waals surface area contributed by atoms with Gasteiger partial charge in [-0.05, 0) is 19.8 Å². The van der Waals surface area contributed by atoms with E-state index in [9.17, 15) is 4.79 Å². The van der Waals surface area contributed by atoms with Crippen LogP contribution in [0.15, 0.2) is 0 Å². The van der Waals surface area contributed by atoms with Gasteiger partial charge in [0.25, 0.3) is 0 Å². The van der Waals surface area contributed by atoms with Crippen LogP contribution in [0.2, 0.25) is 0 Å². The molecule has 88 valence electrons. The van der Waals surface area contributed by atoms with Crippen molar-refractivity contribution in [2.75, 3.05) is 13.2 Å². The van der Waals surface area contributed by atoms with E-state index in [-0.39, 0.29) is 5.91 Å². The maximum atomic E-state index is 11.1. The largest absolute Gasteiger partial charge is 0.376 e. The monoisotopic (exact) mass is 214 g/mol. The number of amides is 1. The molecular weight excluding hydrogens is 192 g/mol. The second-order valence-corrected chi connectivity index (χ2v) is 4.21. The van der Waals surface area contributed by atoms with Gasteiger partial charge in [0.2, 0.25) is 5.91 Å². The molecular formula is C11H22N2O2. The average molecular weight is 214 g/mol. The number of nitrogens with one attached hydrogen (secondary N) is 1. The van der Waals surface area contributed by atoms with Crippen LogP contribution in [0, 0.1) is 0 Å². The van der Waals surface area contributed by atoms with Gasteiger partial charge in [0, 0.05) is 6.54 Å². The molecule has 0 saturated heterocycles. The van der Waals surface area contributed by atoms with E-state index in [0.29, 0.717) is 19.3 Å². The van der Waals surface area contributed by atoms with Crippen molar-refractivity contribution in [1.29, 1.82) is 0 Å². The lowest BCUT2D eigenvalue weighted by Gasteiger charge is -2.22. The summed E-state index contributed by atoms with van der Waals surface area (Å²) in [7, 11) is 0. The van der Waals surface area contributed by atoms with Crippen molar-refractivity contribution in [1.82, 2.24) is 5.32 Å². The van der Waals surface area contributed by atoms with E-state index in [2.05, 4.69) is 5.32 Å². The Morgan fingerprint density at radius 3 is 2.73 bits per heavy atom. The first-order chi connectivity index (χ1) is 7.20. The van der Waals surface area contributed by atoms with E-state index in [0.717, 1.165) is 0 Å². The second-order valence-electron chi connectivity index (χ2n) is 4.21. The molecule has 4 heteroatoms. The lowest BCUT2D eigenvalue weighted by atomic mass is 9.98. The zero-order valence-corrected chi connectivity index (χ0v) is 9.50. The summed E-state index contributed by atoms with van der Waals surface area (Å²) in [6.07, 6.45) is 6.63. The van der Waals surface area contributed by atoms with Crippen molar-refractivity contribution in [2.45, 2.75) is 51.2 Å². The molecule has 15 heavy (non-hydrogen) atoms. The molecule has 0 aromatic carbocycles. The smallest absolute Gasteiger partial charge is 0.236 e. The molecule has 1 aliphatic rings. The Hall–Kier alpha value is -0.610. The van der Waals surface area contributed by atoms with Gasteiger partial charge in [-0.2, -0.15) is 0 Å². The quantitative estimate of drug-likeness (QED) is 0.665. The van der Waals surface area contributed by atoms with Gasteiger partial charge < -0.3 is 15.8 Å². The van der Waals surface area contributed by atoms with Crippen LogP contribution in [-0.4, -0.2) is 31.2 Å². The summed E-state index contributed by atoms with van der Waals surface area (Å²) >= 11 is 0. The van der Waals surface area contributed by atoms with Crippen LogP contribution >= 0.6 is 0 Å². The maximum absolute atomic E-state index is 11.1. The van der Waals surface area contributed by atoms with Crippen molar-refractivity contribution in [3.8, 4) is 0 Å². The van der Waals surface area contributed by atoms with Crippen molar-refractivity contribution < 1.29 is 9.53 Å². The highest BCUT2D eigenvalue weighted by Gasteiger charge is 2.13. The van der Waals surface area contributed by atoms with Crippen molar-refractivity contribution in [3.05, 3.63) is 0 Å². The van der Waals surface area contributed by atoms with Crippen LogP contribution in [0.5, 0.6) is 0 Å². The van der Waals surface area contributed by atoms with Crippen LogP contribution in [0.3, 0.4) is 0 Å². The topological polar surface area (TPSA) is 64.4 Å². The number of nitrogens with two attached hydrogens (primary N) is 1. The Bertz CT molecular complexity index is 189. The normalized spacial score (nSPS) is 19.9. The molecule has 1 saturated carbocycles. The molecule has 0 aliphatic heterocycles. The summed E-state index contributed by atoms with van der Waals surface area (Å²) in [6.45, 7) is 2.84. The Labute approximate surface area is 91.5 Å². The fourth-order valence-corrected chi connectivity index (χ4v) is 1.79. The van der Waals surface area contributed by atoms with Crippen molar-refractivity contribution in [3.63, 3.8) is 0 Å². The van der Waals surface area contributed by atoms with Gasteiger partial charge in [-0.25, -0.2) is 0 Å². The lowest BCUT2D eigenvalue weighted by Crippen LogP contribution is -2.40. The summed E-state index contributed by atoms with van der Waals surface area (Å²) in [4.78, 5) is 11.1. The van der Waals surface area contributed by atoms with E-state index in [4.69, 9.17) is 10.5 Å². The Balaban J connectivity index is 1.98. The Kier molecular flexibility index (Phi) is 5.65. The average Bonchev–Trinajstić information content (AvgIpc) is 2.25. The molecule has 3 N–H and O–H groups in total. The van der Waals surface area contributed by atoms with Gasteiger partial charge in [-0.3, -0.25) is 4.79 Å². The minimum absolute atomic E-state index is 0.109. The zero-order chi connectivity index (χ0) is 11.1.